The molecule has 10 heteroatoms. The molecule has 2 heterocycles. The van der Waals surface area contributed by atoms with Crippen LogP contribution in [-0.4, -0.2) is 23.9 Å². The molecule has 36 heavy (non-hydrogen) atoms. The molecule has 1 aliphatic heterocycles. The summed E-state index contributed by atoms with van der Waals surface area (Å²) in [4.78, 5) is 28.1. The first-order chi connectivity index (χ1) is 17.2. The van der Waals surface area contributed by atoms with E-state index in [0.717, 1.165) is 4.90 Å². The highest BCUT2D eigenvalue weighted by Crippen LogP contribution is 2.44. The minimum atomic E-state index is -1.32. The van der Waals surface area contributed by atoms with E-state index >= 15 is 4.39 Å². The lowest BCUT2D eigenvalue weighted by Crippen LogP contribution is -2.31. The number of halogens is 4. The number of nitrogens with zero attached hydrogens (tertiary/aromatic N) is 1. The number of amides is 1. The molecule has 5 rings (SSSR count). The van der Waals surface area contributed by atoms with Crippen molar-refractivity contribution in [1.29, 1.82) is 0 Å². The molecular weight excluding hydrogens is 532 g/mol. The molecule has 1 amide bonds. The van der Waals surface area contributed by atoms with Crippen molar-refractivity contribution in [3.05, 3.63) is 104 Å². The van der Waals surface area contributed by atoms with Crippen LogP contribution in [0.2, 0.25) is 15.1 Å². The van der Waals surface area contributed by atoms with Crippen LogP contribution < -0.4 is 9.64 Å². The van der Waals surface area contributed by atoms with Gasteiger partial charge in [0.1, 0.15) is 5.82 Å². The molecule has 1 unspecified atom stereocenters. The summed E-state index contributed by atoms with van der Waals surface area (Å²) < 4.78 is 26.1. The van der Waals surface area contributed by atoms with Crippen molar-refractivity contribution in [2.24, 2.45) is 0 Å². The number of carbonyl (C=O) groups is 2. The van der Waals surface area contributed by atoms with Gasteiger partial charge >= 0.3 is 0 Å². The highest BCUT2D eigenvalue weighted by atomic mass is 35.5. The smallest absolute Gasteiger partial charge is 0.294 e. The van der Waals surface area contributed by atoms with Crippen molar-refractivity contribution in [1.82, 2.24) is 0 Å². The van der Waals surface area contributed by atoms with E-state index in [0.29, 0.717) is 16.2 Å². The Morgan fingerprint density at radius 3 is 2.50 bits per heavy atom. The first-order valence-electron chi connectivity index (χ1n) is 10.5. The number of Topliss-reactive ketones (excluding diaryl/α,β-unsaturated/α-hetero) is 1. The van der Waals surface area contributed by atoms with Crippen LogP contribution in [0, 0.1) is 5.82 Å². The summed E-state index contributed by atoms with van der Waals surface area (Å²) in [5, 5.41) is 12.1. The number of hydrogen-bond acceptors (Lipinski definition) is 5. The molecule has 0 saturated heterocycles. The molecule has 1 aliphatic rings. The van der Waals surface area contributed by atoms with Crippen molar-refractivity contribution < 1.29 is 28.2 Å². The van der Waals surface area contributed by atoms with Crippen molar-refractivity contribution in [2.75, 3.05) is 12.0 Å². The zero-order chi connectivity index (χ0) is 25.7. The summed E-state index contributed by atoms with van der Waals surface area (Å²) in [6.07, 6.45) is 0. The Hall–Kier alpha value is -3.52. The fraction of sp³-hybridized carbons (Fsp3) is 0.0769. The molecule has 1 N–H and O–H groups in total. The lowest BCUT2D eigenvalue weighted by atomic mass is 9.94. The summed E-state index contributed by atoms with van der Waals surface area (Å²) in [7, 11) is 1.42. The van der Waals surface area contributed by atoms with Gasteiger partial charge in [-0.1, -0.05) is 53.0 Å². The molecule has 0 bridgehead atoms. The zero-order valence-electron chi connectivity index (χ0n) is 18.4. The second-order valence-corrected chi connectivity index (χ2v) is 9.18. The molecule has 1 atom stereocenters. The van der Waals surface area contributed by atoms with Gasteiger partial charge in [0.25, 0.3) is 5.91 Å². The molecule has 0 radical (unpaired) electrons. The summed E-state index contributed by atoms with van der Waals surface area (Å²) in [6.45, 7) is 0. The monoisotopic (exact) mass is 545 g/mol. The number of furan rings is 1. The minimum absolute atomic E-state index is 0.0129. The number of methoxy groups -OCH3 is 1. The largest absolute Gasteiger partial charge is 0.503 e. The predicted molar refractivity (Wildman–Crippen MR) is 135 cm³/mol. The standard InChI is InChI=1S/C26H15Cl3FNO5/c1-35-20-10-13(27)8-12-9-19(36-25(12)20)23(32)21-22(15-4-2-3-5-18(15)30)31(26(34)24(21)33)14-6-7-16(28)17(29)11-14/h2-11,22,33H,1H3. The van der Waals surface area contributed by atoms with Crippen molar-refractivity contribution in [2.45, 2.75) is 6.04 Å². The van der Waals surface area contributed by atoms with Crippen LogP contribution in [0.1, 0.15) is 22.2 Å². The van der Waals surface area contributed by atoms with Crippen molar-refractivity contribution in [3.8, 4) is 5.75 Å². The van der Waals surface area contributed by atoms with Crippen molar-refractivity contribution >= 4 is 63.1 Å². The maximum Gasteiger partial charge on any atom is 0.294 e. The number of benzene rings is 3. The van der Waals surface area contributed by atoms with Crippen LogP contribution in [0.4, 0.5) is 10.1 Å². The summed E-state index contributed by atoms with van der Waals surface area (Å²) in [5.41, 5.74) is 0.0786. The number of hydrogen-bond donors (Lipinski definition) is 1. The van der Waals surface area contributed by atoms with Gasteiger partial charge in [0.05, 0.1) is 28.8 Å². The normalized spacial score (nSPS) is 15.8. The molecule has 0 saturated carbocycles. The van der Waals surface area contributed by atoms with Crippen LogP contribution in [0.25, 0.3) is 11.0 Å². The van der Waals surface area contributed by atoms with Gasteiger partial charge in [-0.25, -0.2) is 4.39 Å². The fourth-order valence-electron chi connectivity index (χ4n) is 4.21. The van der Waals surface area contributed by atoms with Gasteiger partial charge in [0.15, 0.2) is 22.9 Å². The average molecular weight is 547 g/mol. The van der Waals surface area contributed by atoms with Gasteiger partial charge in [0, 0.05) is 27.7 Å². The first-order valence-corrected chi connectivity index (χ1v) is 11.6. The molecule has 0 fully saturated rings. The third-order valence-corrected chi connectivity index (χ3v) is 6.78. The van der Waals surface area contributed by atoms with Crippen LogP contribution in [0.3, 0.4) is 0 Å². The Labute approximate surface area is 219 Å². The Kier molecular flexibility index (Phi) is 6.16. The van der Waals surface area contributed by atoms with Crippen LogP contribution >= 0.6 is 34.8 Å². The number of aliphatic hydroxyl groups is 1. The number of carbonyl (C=O) groups excluding carboxylic acids is 2. The lowest BCUT2D eigenvalue weighted by Gasteiger charge is -2.27. The summed E-state index contributed by atoms with van der Waals surface area (Å²) in [6, 6.07) is 13.2. The van der Waals surface area contributed by atoms with E-state index in [9.17, 15) is 14.7 Å². The van der Waals surface area contributed by atoms with E-state index in [1.165, 1.54) is 55.6 Å². The minimum Gasteiger partial charge on any atom is -0.503 e. The third kappa shape index (κ3) is 3.89. The van der Waals surface area contributed by atoms with E-state index in [4.69, 9.17) is 44.0 Å². The van der Waals surface area contributed by atoms with Gasteiger partial charge in [-0.2, -0.15) is 0 Å². The number of anilines is 1. The summed E-state index contributed by atoms with van der Waals surface area (Å²) in [5.74, 6) is -3.16. The number of ketones is 1. The summed E-state index contributed by atoms with van der Waals surface area (Å²) >= 11 is 18.3. The van der Waals surface area contributed by atoms with Gasteiger partial charge in [0.2, 0.25) is 5.78 Å². The molecular formula is C26H15Cl3FNO5. The number of fused-ring (bicyclic) bond motifs is 1. The molecule has 4 aromatic rings. The highest BCUT2D eigenvalue weighted by Gasteiger charge is 2.46. The number of ether oxygens (including phenoxy) is 1. The maximum absolute atomic E-state index is 15.0. The first kappa shape index (κ1) is 24.2. The van der Waals surface area contributed by atoms with Gasteiger partial charge in [-0.05, 0) is 36.4 Å². The second kappa shape index (κ2) is 9.17. The van der Waals surface area contributed by atoms with Gasteiger partial charge in [-0.3, -0.25) is 14.5 Å². The highest BCUT2D eigenvalue weighted by molar-refractivity contribution is 6.42. The van der Waals surface area contributed by atoms with Gasteiger partial charge < -0.3 is 14.3 Å². The fourth-order valence-corrected chi connectivity index (χ4v) is 4.72. The SMILES string of the molecule is COc1cc(Cl)cc2cc(C(=O)C3=C(O)C(=O)N(c4ccc(Cl)c(Cl)c4)C3c3ccccc3F)oc12. The van der Waals surface area contributed by atoms with E-state index in [-0.39, 0.29) is 38.2 Å². The molecule has 3 aromatic carbocycles. The quantitative estimate of drug-likeness (QED) is 0.265. The average Bonchev–Trinajstić information content (AvgIpc) is 3.39. The predicted octanol–water partition coefficient (Wildman–Crippen LogP) is 7.32. The van der Waals surface area contributed by atoms with Crippen LogP contribution in [0.5, 0.6) is 5.75 Å². The maximum atomic E-state index is 15.0. The molecule has 0 aliphatic carbocycles. The Balaban J connectivity index is 1.69. The topological polar surface area (TPSA) is 80.0 Å². The van der Waals surface area contributed by atoms with E-state index in [2.05, 4.69) is 0 Å². The molecule has 6 nitrogen and oxygen atoms in total. The second-order valence-electron chi connectivity index (χ2n) is 7.93. The van der Waals surface area contributed by atoms with E-state index < -0.39 is 29.3 Å². The molecule has 0 spiro atoms. The Bertz CT molecular complexity index is 1600. The zero-order valence-corrected chi connectivity index (χ0v) is 20.7. The van der Waals surface area contributed by atoms with E-state index in [1.54, 1.807) is 12.1 Å². The number of rotatable bonds is 5. The van der Waals surface area contributed by atoms with Crippen LogP contribution in [0.15, 0.2) is 76.4 Å². The number of aliphatic hydroxyl groups excluding tert-OH is 1. The van der Waals surface area contributed by atoms with Crippen LogP contribution in [-0.2, 0) is 4.79 Å². The molecule has 1 aromatic heterocycles. The Morgan fingerprint density at radius 1 is 1.06 bits per heavy atom. The Morgan fingerprint density at radius 2 is 1.81 bits per heavy atom. The van der Waals surface area contributed by atoms with Crippen molar-refractivity contribution in [3.63, 3.8) is 0 Å². The third-order valence-electron chi connectivity index (χ3n) is 5.82. The molecule has 182 valence electrons. The lowest BCUT2D eigenvalue weighted by molar-refractivity contribution is -0.117. The van der Waals surface area contributed by atoms with E-state index in [1.807, 2.05) is 0 Å². The van der Waals surface area contributed by atoms with Gasteiger partial charge in [-0.15, -0.1) is 0 Å².